The summed E-state index contributed by atoms with van der Waals surface area (Å²) in [6, 6.07) is 35.6. The highest BCUT2D eigenvalue weighted by Crippen LogP contribution is 2.34. The number of rotatable bonds is 6. The zero-order valence-electron chi connectivity index (χ0n) is 21.7. The third kappa shape index (κ3) is 4.99. The molecule has 41 heavy (non-hydrogen) atoms. The molecule has 6 rings (SSSR count). The molecule has 5 aromatic rings. The van der Waals surface area contributed by atoms with Crippen molar-refractivity contribution in [2.45, 2.75) is 6.61 Å². The largest absolute Gasteiger partial charge is 0.488 e. The number of hydrogen-bond donors (Lipinski definition) is 0. The minimum Gasteiger partial charge on any atom is -0.488 e. The molecule has 0 radical (unpaired) electrons. The number of halogens is 1. The van der Waals surface area contributed by atoms with Gasteiger partial charge in [-0.25, -0.2) is 4.39 Å². The Morgan fingerprint density at radius 1 is 0.683 bits per heavy atom. The summed E-state index contributed by atoms with van der Waals surface area (Å²) < 4.78 is 20.5. The van der Waals surface area contributed by atoms with Crippen LogP contribution in [0.5, 0.6) is 5.75 Å². The summed E-state index contributed by atoms with van der Waals surface area (Å²) in [5.74, 6) is -1.07. The molecule has 0 unspecified atom stereocenters. The summed E-state index contributed by atoms with van der Waals surface area (Å²) in [7, 11) is 0. The van der Waals surface area contributed by atoms with Gasteiger partial charge in [-0.1, -0.05) is 84.9 Å². The van der Waals surface area contributed by atoms with E-state index in [1.807, 2.05) is 42.5 Å². The summed E-state index contributed by atoms with van der Waals surface area (Å²) in [6.45, 7) is -0.0283. The number of para-hydroxylation sites is 2. The van der Waals surface area contributed by atoms with Crippen LogP contribution in [-0.4, -0.2) is 16.9 Å². The second kappa shape index (κ2) is 11.2. The molecule has 5 aromatic carbocycles. The fourth-order valence-corrected chi connectivity index (χ4v) is 5.18. The summed E-state index contributed by atoms with van der Waals surface area (Å²) >= 11 is 5.72. The molecule has 0 bridgehead atoms. The van der Waals surface area contributed by atoms with Crippen LogP contribution in [0, 0.1) is 5.82 Å². The highest BCUT2D eigenvalue weighted by atomic mass is 32.1. The van der Waals surface area contributed by atoms with Crippen LogP contribution in [-0.2, 0) is 16.2 Å². The zero-order chi connectivity index (χ0) is 28.3. The summed E-state index contributed by atoms with van der Waals surface area (Å²) in [5.41, 5.74) is 1.91. The molecule has 5 nitrogen and oxygen atoms in total. The lowest BCUT2D eigenvalue weighted by molar-refractivity contribution is -0.120. The highest BCUT2D eigenvalue weighted by Gasteiger charge is 2.41. The van der Waals surface area contributed by atoms with Gasteiger partial charge in [-0.05, 0) is 65.5 Å². The number of anilines is 2. The van der Waals surface area contributed by atoms with Crippen LogP contribution < -0.4 is 14.5 Å². The van der Waals surface area contributed by atoms with Crippen molar-refractivity contribution in [2.75, 3.05) is 9.80 Å². The lowest BCUT2D eigenvalue weighted by Gasteiger charge is -2.36. The molecule has 1 saturated heterocycles. The van der Waals surface area contributed by atoms with Gasteiger partial charge in [-0.3, -0.25) is 19.4 Å². The van der Waals surface area contributed by atoms with Crippen LogP contribution in [0.15, 0.2) is 127 Å². The van der Waals surface area contributed by atoms with E-state index in [9.17, 15) is 14.0 Å². The highest BCUT2D eigenvalue weighted by molar-refractivity contribution is 7.81. The normalized spacial score (nSPS) is 13.6. The Bertz CT molecular complexity index is 1760. The molecule has 0 atom stereocenters. The van der Waals surface area contributed by atoms with Gasteiger partial charge in [-0.15, -0.1) is 0 Å². The molecule has 1 fully saturated rings. The van der Waals surface area contributed by atoms with Crippen LogP contribution in [0.2, 0.25) is 0 Å². The summed E-state index contributed by atoms with van der Waals surface area (Å²) in [4.78, 5) is 30.8. The van der Waals surface area contributed by atoms with Gasteiger partial charge in [0, 0.05) is 11.1 Å². The van der Waals surface area contributed by atoms with E-state index >= 15 is 0 Å². The third-order valence-electron chi connectivity index (χ3n) is 6.84. The second-order valence-corrected chi connectivity index (χ2v) is 9.74. The van der Waals surface area contributed by atoms with Gasteiger partial charge in [0.05, 0.1) is 11.4 Å². The van der Waals surface area contributed by atoms with Crippen molar-refractivity contribution in [3.05, 3.63) is 144 Å². The van der Waals surface area contributed by atoms with E-state index < -0.39 is 11.8 Å². The Hall–Kier alpha value is -5.14. The predicted octanol–water partition coefficient (Wildman–Crippen LogP) is 7.31. The van der Waals surface area contributed by atoms with Crippen LogP contribution in [0.25, 0.3) is 16.8 Å². The molecule has 1 aliphatic heterocycles. The topological polar surface area (TPSA) is 49.9 Å². The maximum Gasteiger partial charge on any atom is 0.270 e. The number of amides is 2. The minimum atomic E-state index is -0.550. The number of hydrogen-bond acceptors (Lipinski definition) is 4. The first kappa shape index (κ1) is 26.1. The van der Waals surface area contributed by atoms with Crippen molar-refractivity contribution in [2.24, 2.45) is 0 Å². The Labute approximate surface area is 241 Å². The van der Waals surface area contributed by atoms with E-state index in [2.05, 4.69) is 0 Å². The minimum absolute atomic E-state index is 0.0283. The number of ether oxygens (including phenoxy) is 1. The number of carbonyl (C=O) groups is 2. The Morgan fingerprint density at radius 3 is 1.88 bits per heavy atom. The number of carbonyl (C=O) groups excluding carboxylic acids is 2. The zero-order valence-corrected chi connectivity index (χ0v) is 22.6. The lowest BCUT2D eigenvalue weighted by atomic mass is 9.99. The van der Waals surface area contributed by atoms with Gasteiger partial charge in [0.1, 0.15) is 23.7 Å². The molecule has 0 spiro atoms. The van der Waals surface area contributed by atoms with E-state index in [0.717, 1.165) is 10.8 Å². The van der Waals surface area contributed by atoms with E-state index in [0.29, 0.717) is 28.3 Å². The van der Waals surface area contributed by atoms with E-state index in [-0.39, 0.29) is 23.1 Å². The predicted molar refractivity (Wildman–Crippen MR) is 163 cm³/mol. The van der Waals surface area contributed by atoms with Crippen LogP contribution in [0.3, 0.4) is 0 Å². The van der Waals surface area contributed by atoms with E-state index in [1.165, 1.54) is 15.9 Å². The lowest BCUT2D eigenvalue weighted by Crippen LogP contribution is -2.56. The van der Waals surface area contributed by atoms with Crippen molar-refractivity contribution in [1.82, 2.24) is 0 Å². The maximum absolute atomic E-state index is 14.4. The molecule has 2 amide bonds. The molecule has 1 heterocycles. The van der Waals surface area contributed by atoms with Gasteiger partial charge in [0.15, 0.2) is 5.11 Å². The average molecular weight is 559 g/mol. The number of thiocarbonyl (C=S) groups is 1. The Morgan fingerprint density at radius 2 is 1.24 bits per heavy atom. The quantitative estimate of drug-likeness (QED) is 0.125. The number of benzene rings is 5. The molecule has 0 N–H and O–H groups in total. The SMILES string of the molecule is O=C1C(=Cc2c(OCc3ccccc3F)ccc3ccccc23)C(=O)N(c2ccccc2)C(=S)N1c1ccccc1. The molecule has 0 aromatic heterocycles. The molecule has 7 heteroatoms. The smallest absolute Gasteiger partial charge is 0.270 e. The molecule has 1 aliphatic rings. The van der Waals surface area contributed by atoms with Gasteiger partial charge >= 0.3 is 0 Å². The maximum atomic E-state index is 14.4. The molecular formula is C34H23FN2O3S. The fraction of sp³-hybridized carbons (Fsp3) is 0.0294. The van der Waals surface area contributed by atoms with Crippen molar-refractivity contribution in [1.29, 1.82) is 0 Å². The van der Waals surface area contributed by atoms with Gasteiger partial charge in [-0.2, -0.15) is 0 Å². The first-order valence-electron chi connectivity index (χ1n) is 13.0. The van der Waals surface area contributed by atoms with Crippen LogP contribution in [0.4, 0.5) is 15.8 Å². The van der Waals surface area contributed by atoms with E-state index in [1.54, 1.807) is 78.9 Å². The first-order valence-corrected chi connectivity index (χ1v) is 13.4. The van der Waals surface area contributed by atoms with Crippen molar-refractivity contribution < 1.29 is 18.7 Å². The Balaban J connectivity index is 1.51. The summed E-state index contributed by atoms with van der Waals surface area (Å²) in [6.07, 6.45) is 1.55. The third-order valence-corrected chi connectivity index (χ3v) is 7.20. The molecule has 0 aliphatic carbocycles. The monoisotopic (exact) mass is 558 g/mol. The standard InChI is InChI=1S/C34H23FN2O3S/c35-30-18-10-8-12-24(30)22-40-31-20-19-23-11-7-9-17-27(23)28(31)21-29-32(38)36(25-13-3-1-4-14-25)34(41)37(33(29)39)26-15-5-2-6-16-26/h1-21H,22H2. The molecule has 200 valence electrons. The molecule has 0 saturated carbocycles. The number of nitrogens with zero attached hydrogens (tertiary/aromatic N) is 2. The van der Waals surface area contributed by atoms with Crippen LogP contribution in [0.1, 0.15) is 11.1 Å². The van der Waals surface area contributed by atoms with Crippen molar-refractivity contribution in [3.63, 3.8) is 0 Å². The van der Waals surface area contributed by atoms with Gasteiger partial charge < -0.3 is 4.74 Å². The fourth-order valence-electron chi connectivity index (χ4n) is 4.80. The average Bonchev–Trinajstić information content (AvgIpc) is 3.00. The first-order chi connectivity index (χ1) is 20.0. The van der Waals surface area contributed by atoms with Gasteiger partial charge in [0.2, 0.25) is 0 Å². The molecular weight excluding hydrogens is 535 g/mol. The second-order valence-electron chi connectivity index (χ2n) is 9.37. The summed E-state index contributed by atoms with van der Waals surface area (Å²) in [5, 5.41) is 1.73. The number of fused-ring (bicyclic) bond motifs is 1. The van der Waals surface area contributed by atoms with Crippen molar-refractivity contribution >= 4 is 57.4 Å². The Kier molecular flexibility index (Phi) is 7.10. The van der Waals surface area contributed by atoms with Crippen LogP contribution >= 0.6 is 12.2 Å². The van der Waals surface area contributed by atoms with Gasteiger partial charge in [0.25, 0.3) is 11.8 Å². The van der Waals surface area contributed by atoms with E-state index in [4.69, 9.17) is 17.0 Å². The van der Waals surface area contributed by atoms with Crippen molar-refractivity contribution in [3.8, 4) is 5.75 Å².